The van der Waals surface area contributed by atoms with Crippen LogP contribution in [0.4, 0.5) is 17.3 Å². The minimum Gasteiger partial charge on any atom is -0.492 e. The van der Waals surface area contributed by atoms with Gasteiger partial charge in [-0.1, -0.05) is 54.6 Å². The molecular formula is C61H72N8O6. The molecule has 0 atom stereocenters. The molecule has 6 heterocycles. The molecule has 10 rings (SSSR count). The number of benzene rings is 4. The molecule has 0 spiro atoms. The molecule has 0 N–H and O–H groups in total. The second kappa shape index (κ2) is 26.8. The van der Waals surface area contributed by atoms with Gasteiger partial charge in [0.2, 0.25) is 11.9 Å². The summed E-state index contributed by atoms with van der Waals surface area (Å²) in [5.74, 6) is 2.88. The number of likely N-dealkylation sites (tertiary alicyclic amines) is 2. The molecule has 14 heteroatoms. The van der Waals surface area contributed by atoms with Crippen LogP contribution >= 0.6 is 0 Å². The number of allylic oxidation sites excluding steroid dienone is 1. The van der Waals surface area contributed by atoms with E-state index in [2.05, 4.69) is 118 Å². The van der Waals surface area contributed by atoms with Gasteiger partial charge in [0.25, 0.3) is 0 Å². The molecular weight excluding hydrogens is 941 g/mol. The molecule has 75 heavy (non-hydrogen) atoms. The van der Waals surface area contributed by atoms with Gasteiger partial charge in [0.05, 0.1) is 69.9 Å². The standard InChI is InChI=1S/C61H72N8O6/c1-2-68-30-22-57-51-16-10-13-49(39-51)44-72-35-23-47(42-73-46-52-40-54(63-61(68)65-57)17-19-58(52)74-36-31-66-25-3-4-26-66)14-11-29-69-55-18-20-59(75-37-32-67-27-5-6-28-67)53(41-55)45-71-34-8-7-33-70-43-48-12-9-15-50(38-48)56-21-24-62-60(69)64-56/h7-10,12-13,15-24,30,38-41H,2-6,11,14,25-29,31-37,42-46H2,1H3/b8-7+,47-23+,63-61?. The smallest absolute Gasteiger partial charge is 0.230 e. The van der Waals surface area contributed by atoms with Gasteiger partial charge in [-0.05, 0) is 149 Å². The van der Waals surface area contributed by atoms with E-state index in [4.69, 9.17) is 48.4 Å². The van der Waals surface area contributed by atoms with Crippen molar-refractivity contribution in [2.45, 2.75) is 71.9 Å². The van der Waals surface area contributed by atoms with Crippen LogP contribution in [-0.2, 0) is 45.4 Å². The van der Waals surface area contributed by atoms with E-state index in [-0.39, 0.29) is 0 Å². The Morgan fingerprint density at radius 3 is 2.03 bits per heavy atom. The summed E-state index contributed by atoms with van der Waals surface area (Å²) in [5.41, 5.74) is 10.7. The van der Waals surface area contributed by atoms with E-state index in [1.54, 1.807) is 0 Å². The molecule has 5 aliphatic rings. The lowest BCUT2D eigenvalue weighted by atomic mass is 10.1. The van der Waals surface area contributed by atoms with Crippen LogP contribution in [0, 0.1) is 0 Å². The Kier molecular flexibility index (Phi) is 18.6. The van der Waals surface area contributed by atoms with Crippen molar-refractivity contribution in [3.8, 4) is 22.8 Å². The number of rotatable bonds is 13. The van der Waals surface area contributed by atoms with Crippen LogP contribution in [0.5, 0.6) is 11.5 Å². The van der Waals surface area contributed by atoms with Crippen LogP contribution in [0.25, 0.3) is 11.3 Å². The van der Waals surface area contributed by atoms with Crippen molar-refractivity contribution < 1.29 is 28.4 Å². The zero-order valence-electron chi connectivity index (χ0n) is 43.6. The minimum atomic E-state index is 0.347. The maximum Gasteiger partial charge on any atom is 0.230 e. The van der Waals surface area contributed by atoms with E-state index in [1.165, 1.54) is 25.7 Å². The molecule has 2 saturated heterocycles. The Morgan fingerprint density at radius 2 is 1.28 bits per heavy atom. The van der Waals surface area contributed by atoms with Crippen LogP contribution in [0.1, 0.15) is 73.3 Å². The Balaban J connectivity index is 0.924. The number of hydrogen-bond acceptors (Lipinski definition) is 14. The van der Waals surface area contributed by atoms with Crippen LogP contribution < -0.4 is 14.4 Å². The summed E-state index contributed by atoms with van der Waals surface area (Å²) in [6.45, 7) is 14.5. The fraction of sp³-hybridized carbons (Fsp3) is 0.410. The average molecular weight is 1010 g/mol. The lowest BCUT2D eigenvalue weighted by molar-refractivity contribution is 0.131. The highest BCUT2D eigenvalue weighted by atomic mass is 16.5. The van der Waals surface area contributed by atoms with Gasteiger partial charge in [-0.15, -0.1) is 0 Å². The Labute approximate surface area is 443 Å². The van der Waals surface area contributed by atoms with Crippen LogP contribution in [0.3, 0.4) is 0 Å². The van der Waals surface area contributed by atoms with Gasteiger partial charge in [-0.2, -0.15) is 0 Å². The number of nitrogens with zero attached hydrogens (tertiary/aromatic N) is 8. The first-order valence-corrected chi connectivity index (χ1v) is 27.1. The summed E-state index contributed by atoms with van der Waals surface area (Å²) in [6.07, 6.45) is 18.7. The number of ether oxygens (including phenoxy) is 6. The molecule has 1 aromatic heterocycles. The maximum absolute atomic E-state index is 6.68. The number of aliphatic imine (C=N–C) groups is 2. The lowest BCUT2D eigenvalue weighted by Crippen LogP contribution is -2.28. The molecule has 0 saturated carbocycles. The second-order valence-electron chi connectivity index (χ2n) is 19.7. The zero-order chi connectivity index (χ0) is 50.9. The summed E-state index contributed by atoms with van der Waals surface area (Å²) in [7, 11) is 0. The number of fused-ring (bicyclic) bond motifs is 13. The van der Waals surface area contributed by atoms with Crippen molar-refractivity contribution in [3.05, 3.63) is 161 Å². The van der Waals surface area contributed by atoms with E-state index in [1.807, 2.05) is 36.5 Å². The molecule has 5 aromatic rings. The summed E-state index contributed by atoms with van der Waals surface area (Å²) in [5, 5.41) is 0. The van der Waals surface area contributed by atoms with Crippen molar-refractivity contribution >= 4 is 29.0 Å². The number of aromatic nitrogens is 2. The molecule has 5 aliphatic heterocycles. The highest BCUT2D eigenvalue weighted by molar-refractivity contribution is 6.15. The summed E-state index contributed by atoms with van der Waals surface area (Å²) < 4.78 is 38.4. The van der Waals surface area contributed by atoms with Gasteiger partial charge >= 0.3 is 0 Å². The van der Waals surface area contributed by atoms with Crippen molar-refractivity contribution in [2.24, 2.45) is 9.98 Å². The summed E-state index contributed by atoms with van der Waals surface area (Å²) in [6, 6.07) is 31.3. The number of anilines is 2. The lowest BCUT2D eigenvalue weighted by Gasteiger charge is -2.25. The fourth-order valence-corrected chi connectivity index (χ4v) is 10.1. The zero-order valence-corrected chi connectivity index (χ0v) is 43.6. The first-order chi connectivity index (χ1) is 37.1. The molecule has 0 aliphatic carbocycles. The highest BCUT2D eigenvalue weighted by Crippen LogP contribution is 2.33. The van der Waals surface area contributed by atoms with Gasteiger partial charge in [-0.3, -0.25) is 9.80 Å². The topological polar surface area (TPSA) is 119 Å². The third-order valence-corrected chi connectivity index (χ3v) is 14.2. The quantitative estimate of drug-likeness (QED) is 0.104. The molecule has 0 radical (unpaired) electrons. The van der Waals surface area contributed by atoms with Crippen molar-refractivity contribution in [1.82, 2.24) is 24.7 Å². The molecule has 2 fully saturated rings. The van der Waals surface area contributed by atoms with Gasteiger partial charge in [0, 0.05) is 66.5 Å². The van der Waals surface area contributed by atoms with Crippen molar-refractivity contribution in [2.75, 3.05) is 96.9 Å². The van der Waals surface area contributed by atoms with Crippen molar-refractivity contribution in [1.29, 1.82) is 0 Å². The Bertz CT molecular complexity index is 2830. The van der Waals surface area contributed by atoms with E-state index < -0.39 is 0 Å². The predicted octanol–water partition coefficient (Wildman–Crippen LogP) is 10.6. The number of hydrogen-bond donors (Lipinski definition) is 0. The SMILES string of the molecule is CCN1C=CC2=NC1=Nc1ccc(OCCN3CCCC3)c(c1)COC/C(CCCN1c3ccc(OCCN4CCCC4)c(c3)COC/C=C/COCc3cccc(c3)-c3ccnc1n3)=C/COCc1cccc2c1. The van der Waals surface area contributed by atoms with Crippen LogP contribution in [0.15, 0.2) is 143 Å². The first kappa shape index (κ1) is 51.9. The maximum atomic E-state index is 6.68. The van der Waals surface area contributed by atoms with E-state index in [0.717, 1.165) is 132 Å². The normalized spacial score (nSPS) is 19.2. The van der Waals surface area contributed by atoms with Crippen LogP contribution in [-0.4, -0.2) is 128 Å². The van der Waals surface area contributed by atoms with E-state index in [9.17, 15) is 0 Å². The molecule has 12 bridgehead atoms. The van der Waals surface area contributed by atoms with Gasteiger partial charge < -0.3 is 38.2 Å². The predicted molar refractivity (Wildman–Crippen MR) is 296 cm³/mol. The van der Waals surface area contributed by atoms with Crippen LogP contribution in [0.2, 0.25) is 0 Å². The van der Waals surface area contributed by atoms with Gasteiger partial charge in [-0.25, -0.2) is 20.0 Å². The molecule has 4 aromatic carbocycles. The Hall–Kier alpha value is -6.52. The van der Waals surface area contributed by atoms with E-state index >= 15 is 0 Å². The molecule has 14 nitrogen and oxygen atoms in total. The molecule has 0 unspecified atom stereocenters. The largest absolute Gasteiger partial charge is 0.492 e. The van der Waals surface area contributed by atoms with Gasteiger partial charge in [0.1, 0.15) is 24.7 Å². The highest BCUT2D eigenvalue weighted by Gasteiger charge is 2.20. The van der Waals surface area contributed by atoms with Gasteiger partial charge in [0.15, 0.2) is 0 Å². The second-order valence-corrected chi connectivity index (χ2v) is 19.7. The van der Waals surface area contributed by atoms with Crippen molar-refractivity contribution in [3.63, 3.8) is 0 Å². The molecule has 0 amide bonds. The summed E-state index contributed by atoms with van der Waals surface area (Å²) >= 11 is 0. The van der Waals surface area contributed by atoms with E-state index in [0.29, 0.717) is 84.5 Å². The monoisotopic (exact) mass is 1010 g/mol. The molecule has 392 valence electrons. The first-order valence-electron chi connectivity index (χ1n) is 27.1. The number of guanidine groups is 1. The average Bonchev–Trinajstić information content (AvgIpc) is 4.18. The third kappa shape index (κ3) is 14.7. The third-order valence-electron chi connectivity index (χ3n) is 14.2. The minimum absolute atomic E-state index is 0.347. The fourth-order valence-electron chi connectivity index (χ4n) is 10.1. The Morgan fingerprint density at radius 1 is 0.613 bits per heavy atom. The summed E-state index contributed by atoms with van der Waals surface area (Å²) in [4.78, 5) is 29.6.